The minimum atomic E-state index is 0.261. The van der Waals surface area contributed by atoms with Gasteiger partial charge in [-0.05, 0) is 32.2 Å². The van der Waals surface area contributed by atoms with Gasteiger partial charge in [0, 0.05) is 12.5 Å². The van der Waals surface area contributed by atoms with Gasteiger partial charge in [0.25, 0.3) is 0 Å². The highest BCUT2D eigenvalue weighted by Crippen LogP contribution is 2.18. The second kappa shape index (κ2) is 7.52. The van der Waals surface area contributed by atoms with Crippen molar-refractivity contribution in [1.82, 2.24) is 15.5 Å². The SMILES string of the molecule is CCCNC(C)C(C)c1nc(CCC(C)C)no1. The number of aryl methyl sites for hydroxylation is 1. The zero-order chi connectivity index (χ0) is 13.5. The molecule has 4 heteroatoms. The van der Waals surface area contributed by atoms with Gasteiger partial charge in [-0.3, -0.25) is 0 Å². The summed E-state index contributed by atoms with van der Waals surface area (Å²) >= 11 is 0. The van der Waals surface area contributed by atoms with Crippen LogP contribution in [0.4, 0.5) is 0 Å². The van der Waals surface area contributed by atoms with Crippen LogP contribution in [-0.4, -0.2) is 22.7 Å². The van der Waals surface area contributed by atoms with E-state index in [1.54, 1.807) is 0 Å². The van der Waals surface area contributed by atoms with Gasteiger partial charge in [-0.15, -0.1) is 0 Å². The van der Waals surface area contributed by atoms with Gasteiger partial charge in [-0.2, -0.15) is 4.98 Å². The van der Waals surface area contributed by atoms with Crippen molar-refractivity contribution in [2.45, 2.75) is 65.8 Å². The lowest BCUT2D eigenvalue weighted by molar-refractivity contribution is 0.327. The van der Waals surface area contributed by atoms with Crippen molar-refractivity contribution in [3.8, 4) is 0 Å². The molecule has 1 aromatic heterocycles. The number of aromatic nitrogens is 2. The lowest BCUT2D eigenvalue weighted by Gasteiger charge is -2.17. The van der Waals surface area contributed by atoms with Gasteiger partial charge in [0.05, 0.1) is 5.92 Å². The maximum atomic E-state index is 5.36. The van der Waals surface area contributed by atoms with Crippen molar-refractivity contribution in [2.24, 2.45) is 5.92 Å². The Morgan fingerprint density at radius 3 is 2.56 bits per heavy atom. The van der Waals surface area contributed by atoms with Crippen LogP contribution < -0.4 is 5.32 Å². The predicted molar refractivity (Wildman–Crippen MR) is 73.6 cm³/mol. The van der Waals surface area contributed by atoms with Crippen LogP contribution in [0, 0.1) is 5.92 Å². The molecule has 0 fully saturated rings. The van der Waals surface area contributed by atoms with Crippen LogP contribution in [-0.2, 0) is 6.42 Å². The number of hydrogen-bond acceptors (Lipinski definition) is 4. The van der Waals surface area contributed by atoms with Crippen molar-refractivity contribution in [2.75, 3.05) is 6.54 Å². The van der Waals surface area contributed by atoms with E-state index in [1.165, 1.54) is 0 Å². The Hall–Kier alpha value is -0.900. The summed E-state index contributed by atoms with van der Waals surface area (Å²) in [6.07, 6.45) is 3.15. The van der Waals surface area contributed by atoms with E-state index in [0.29, 0.717) is 12.0 Å². The summed E-state index contributed by atoms with van der Waals surface area (Å²) < 4.78 is 5.36. The molecule has 0 aliphatic heterocycles. The largest absolute Gasteiger partial charge is 0.339 e. The van der Waals surface area contributed by atoms with Gasteiger partial charge in [0.2, 0.25) is 5.89 Å². The predicted octanol–water partition coefficient (Wildman–Crippen LogP) is 3.15. The topological polar surface area (TPSA) is 51.0 Å². The first kappa shape index (κ1) is 15.2. The molecule has 4 nitrogen and oxygen atoms in total. The molecule has 0 radical (unpaired) electrons. The van der Waals surface area contributed by atoms with Crippen LogP contribution in [0.2, 0.25) is 0 Å². The van der Waals surface area contributed by atoms with Crippen molar-refractivity contribution >= 4 is 0 Å². The Labute approximate surface area is 111 Å². The Balaban J connectivity index is 2.50. The van der Waals surface area contributed by atoms with E-state index >= 15 is 0 Å². The van der Waals surface area contributed by atoms with E-state index in [9.17, 15) is 0 Å². The first-order valence-electron chi connectivity index (χ1n) is 7.10. The van der Waals surface area contributed by atoms with E-state index in [-0.39, 0.29) is 5.92 Å². The summed E-state index contributed by atoms with van der Waals surface area (Å²) in [5.74, 6) is 2.53. The molecule has 0 aliphatic rings. The fourth-order valence-corrected chi connectivity index (χ4v) is 1.73. The molecule has 0 aromatic carbocycles. The molecule has 104 valence electrons. The van der Waals surface area contributed by atoms with Crippen LogP contribution in [0.15, 0.2) is 4.52 Å². The second-order valence-electron chi connectivity index (χ2n) is 5.51. The van der Waals surface area contributed by atoms with Gasteiger partial charge < -0.3 is 9.84 Å². The highest BCUT2D eigenvalue weighted by Gasteiger charge is 2.20. The molecular weight excluding hydrogens is 226 g/mol. The molecule has 0 amide bonds. The molecule has 2 atom stereocenters. The van der Waals surface area contributed by atoms with E-state index in [1.807, 2.05) is 0 Å². The molecule has 18 heavy (non-hydrogen) atoms. The van der Waals surface area contributed by atoms with Crippen LogP contribution in [0.3, 0.4) is 0 Å². The molecule has 0 saturated heterocycles. The van der Waals surface area contributed by atoms with Crippen LogP contribution in [0.5, 0.6) is 0 Å². The van der Waals surface area contributed by atoms with Gasteiger partial charge in [-0.1, -0.05) is 32.9 Å². The molecule has 1 N–H and O–H groups in total. The number of nitrogens with zero attached hydrogens (tertiary/aromatic N) is 2. The molecular formula is C14H27N3O. The third-order valence-corrected chi connectivity index (χ3v) is 3.28. The van der Waals surface area contributed by atoms with Gasteiger partial charge >= 0.3 is 0 Å². The van der Waals surface area contributed by atoms with E-state index < -0.39 is 0 Å². The summed E-state index contributed by atoms with van der Waals surface area (Å²) in [5.41, 5.74) is 0. The first-order chi connectivity index (χ1) is 8.54. The Kier molecular flexibility index (Phi) is 6.33. The van der Waals surface area contributed by atoms with Crippen LogP contribution in [0.1, 0.15) is 65.1 Å². The minimum absolute atomic E-state index is 0.261. The summed E-state index contributed by atoms with van der Waals surface area (Å²) in [6, 6.07) is 0.364. The molecule has 1 heterocycles. The highest BCUT2D eigenvalue weighted by atomic mass is 16.5. The molecule has 2 unspecified atom stereocenters. The van der Waals surface area contributed by atoms with Crippen molar-refractivity contribution in [1.29, 1.82) is 0 Å². The Morgan fingerprint density at radius 2 is 1.94 bits per heavy atom. The third-order valence-electron chi connectivity index (χ3n) is 3.28. The molecule has 1 aromatic rings. The van der Waals surface area contributed by atoms with Gasteiger partial charge in [0.1, 0.15) is 0 Å². The third kappa shape index (κ3) is 4.77. The number of hydrogen-bond donors (Lipinski definition) is 1. The van der Waals surface area contributed by atoms with Gasteiger partial charge in [0.15, 0.2) is 5.82 Å². The quantitative estimate of drug-likeness (QED) is 0.773. The molecule has 0 aliphatic carbocycles. The maximum Gasteiger partial charge on any atom is 0.231 e. The van der Waals surface area contributed by atoms with E-state index in [0.717, 1.165) is 37.5 Å². The summed E-state index contributed by atoms with van der Waals surface area (Å²) in [4.78, 5) is 4.49. The van der Waals surface area contributed by atoms with Crippen LogP contribution in [0.25, 0.3) is 0 Å². The lowest BCUT2D eigenvalue weighted by atomic mass is 10.0. The Morgan fingerprint density at radius 1 is 1.22 bits per heavy atom. The monoisotopic (exact) mass is 253 g/mol. The van der Waals surface area contributed by atoms with Crippen molar-refractivity contribution < 1.29 is 4.52 Å². The Bertz CT molecular complexity index is 336. The summed E-state index contributed by atoms with van der Waals surface area (Å²) in [6.45, 7) is 11.9. The molecule has 0 spiro atoms. The van der Waals surface area contributed by atoms with E-state index in [2.05, 4.69) is 50.1 Å². The number of rotatable bonds is 8. The maximum absolute atomic E-state index is 5.36. The van der Waals surface area contributed by atoms with E-state index in [4.69, 9.17) is 4.52 Å². The van der Waals surface area contributed by atoms with Gasteiger partial charge in [-0.25, -0.2) is 0 Å². The molecule has 0 saturated carbocycles. The summed E-state index contributed by atoms with van der Waals surface area (Å²) in [7, 11) is 0. The number of nitrogens with one attached hydrogen (secondary N) is 1. The van der Waals surface area contributed by atoms with Crippen LogP contribution >= 0.6 is 0 Å². The summed E-state index contributed by atoms with van der Waals surface area (Å²) in [5, 5.41) is 7.52. The normalized spacial score (nSPS) is 15.0. The average molecular weight is 253 g/mol. The lowest BCUT2D eigenvalue weighted by Crippen LogP contribution is -2.31. The first-order valence-corrected chi connectivity index (χ1v) is 7.10. The molecule has 0 bridgehead atoms. The smallest absolute Gasteiger partial charge is 0.231 e. The standard InChI is InChI=1S/C14H27N3O/c1-6-9-15-12(5)11(4)14-16-13(17-18-14)8-7-10(2)3/h10-12,15H,6-9H2,1-5H3. The second-order valence-corrected chi connectivity index (χ2v) is 5.51. The van der Waals surface area contributed by atoms with Crippen molar-refractivity contribution in [3.63, 3.8) is 0 Å². The highest BCUT2D eigenvalue weighted by molar-refractivity contribution is 4.96. The zero-order valence-corrected chi connectivity index (χ0v) is 12.4. The average Bonchev–Trinajstić information content (AvgIpc) is 2.81. The molecule has 1 rings (SSSR count). The minimum Gasteiger partial charge on any atom is -0.339 e. The fourth-order valence-electron chi connectivity index (χ4n) is 1.73. The van der Waals surface area contributed by atoms with Crippen molar-refractivity contribution in [3.05, 3.63) is 11.7 Å². The fraction of sp³-hybridized carbons (Fsp3) is 0.857. The zero-order valence-electron chi connectivity index (χ0n) is 12.4.